The Hall–Kier alpha value is -0.900. The van der Waals surface area contributed by atoms with E-state index >= 15 is 0 Å². The second-order valence-corrected chi connectivity index (χ2v) is 2.03. The molecule has 1 aromatic rings. The summed E-state index contributed by atoms with van der Waals surface area (Å²) in [5.74, 6) is 0.597. The Morgan fingerprint density at radius 3 is 2.89 bits per heavy atom. The summed E-state index contributed by atoms with van der Waals surface area (Å²) >= 11 is 0. The van der Waals surface area contributed by atoms with Crippen LogP contribution in [0.5, 0.6) is 0 Å². The van der Waals surface area contributed by atoms with Gasteiger partial charge < -0.3 is 9.42 Å². The predicted molar refractivity (Wildman–Crippen MR) is 30.5 cm³/mol. The van der Waals surface area contributed by atoms with Gasteiger partial charge in [-0.25, -0.2) is 0 Å². The lowest BCUT2D eigenvalue weighted by molar-refractivity contribution is 0.302. The van der Waals surface area contributed by atoms with Gasteiger partial charge in [-0.1, -0.05) is 5.16 Å². The van der Waals surface area contributed by atoms with Crippen LogP contribution in [0.4, 0.5) is 0 Å². The molecule has 4 heteroatoms. The van der Waals surface area contributed by atoms with Gasteiger partial charge in [0.2, 0.25) is 12.2 Å². The highest BCUT2D eigenvalue weighted by Gasteiger charge is 1.98. The van der Waals surface area contributed by atoms with Crippen molar-refractivity contribution in [2.45, 2.75) is 6.54 Å². The molecule has 4 nitrogen and oxygen atoms in total. The van der Waals surface area contributed by atoms with E-state index in [2.05, 4.69) is 21.0 Å². The van der Waals surface area contributed by atoms with Gasteiger partial charge in [0.1, 0.15) is 0 Å². The zero-order chi connectivity index (χ0) is 6.69. The van der Waals surface area contributed by atoms with Crippen molar-refractivity contribution in [1.29, 1.82) is 0 Å². The van der Waals surface area contributed by atoms with Crippen molar-refractivity contribution in [3.05, 3.63) is 12.2 Å². The number of hydrogen-bond acceptors (Lipinski definition) is 4. The molecular formula is C5H8N3O. The van der Waals surface area contributed by atoms with E-state index < -0.39 is 0 Å². The van der Waals surface area contributed by atoms with Gasteiger partial charge in [0.25, 0.3) is 0 Å². The minimum absolute atomic E-state index is 0.597. The summed E-state index contributed by atoms with van der Waals surface area (Å²) in [6, 6.07) is 0. The highest BCUT2D eigenvalue weighted by atomic mass is 16.5. The molecule has 0 atom stereocenters. The van der Waals surface area contributed by atoms with Crippen molar-refractivity contribution in [3.8, 4) is 0 Å². The normalized spacial score (nSPS) is 10.6. The monoisotopic (exact) mass is 126 g/mol. The first kappa shape index (κ1) is 6.22. The lowest BCUT2D eigenvalue weighted by Crippen LogP contribution is -2.10. The molecule has 1 heterocycles. The average molecular weight is 126 g/mol. The summed E-state index contributed by atoms with van der Waals surface area (Å²) in [7, 11) is 3.87. The number of aromatic nitrogens is 2. The van der Waals surface area contributed by atoms with E-state index in [0.29, 0.717) is 12.4 Å². The third kappa shape index (κ3) is 1.81. The van der Waals surface area contributed by atoms with Crippen LogP contribution in [0.2, 0.25) is 0 Å². The highest BCUT2D eigenvalue weighted by Crippen LogP contribution is 1.92. The molecule has 1 rings (SSSR count). The van der Waals surface area contributed by atoms with Crippen molar-refractivity contribution in [2.75, 3.05) is 14.1 Å². The molecule has 0 N–H and O–H groups in total. The van der Waals surface area contributed by atoms with Crippen LogP contribution < -0.4 is 0 Å². The van der Waals surface area contributed by atoms with Gasteiger partial charge in [-0.05, 0) is 14.1 Å². The number of rotatable bonds is 2. The molecule has 0 fully saturated rings. The smallest absolute Gasteiger partial charge is 0.243 e. The van der Waals surface area contributed by atoms with Crippen LogP contribution in [0, 0.1) is 6.33 Å². The maximum absolute atomic E-state index is 4.69. The molecule has 0 aliphatic rings. The molecule has 1 radical (unpaired) electrons. The first-order chi connectivity index (χ1) is 4.29. The van der Waals surface area contributed by atoms with Gasteiger partial charge in [-0.2, -0.15) is 4.98 Å². The van der Waals surface area contributed by atoms with Crippen LogP contribution in [0.3, 0.4) is 0 Å². The minimum Gasteiger partial charge on any atom is -0.337 e. The van der Waals surface area contributed by atoms with Crippen LogP contribution in [0.25, 0.3) is 0 Å². The third-order valence-corrected chi connectivity index (χ3v) is 0.818. The molecule has 9 heavy (non-hydrogen) atoms. The summed E-state index contributed by atoms with van der Waals surface area (Å²) in [4.78, 5) is 5.66. The molecule has 0 spiro atoms. The molecule has 0 aromatic carbocycles. The topological polar surface area (TPSA) is 42.2 Å². The molecule has 0 aliphatic carbocycles. The first-order valence-electron chi connectivity index (χ1n) is 2.62. The largest absolute Gasteiger partial charge is 0.337 e. The Morgan fingerprint density at radius 1 is 1.67 bits per heavy atom. The lowest BCUT2D eigenvalue weighted by atomic mass is 10.6. The molecule has 0 aliphatic heterocycles. The van der Waals surface area contributed by atoms with Crippen molar-refractivity contribution in [2.24, 2.45) is 0 Å². The van der Waals surface area contributed by atoms with E-state index in [1.54, 1.807) is 0 Å². The van der Waals surface area contributed by atoms with E-state index in [1.807, 2.05) is 19.0 Å². The van der Waals surface area contributed by atoms with Crippen LogP contribution in [0.15, 0.2) is 4.52 Å². The lowest BCUT2D eigenvalue weighted by Gasteiger charge is -2.02. The van der Waals surface area contributed by atoms with E-state index in [1.165, 1.54) is 0 Å². The third-order valence-electron chi connectivity index (χ3n) is 0.818. The van der Waals surface area contributed by atoms with Gasteiger partial charge in [0.05, 0.1) is 6.54 Å². The zero-order valence-electron chi connectivity index (χ0n) is 5.46. The molecular weight excluding hydrogens is 118 g/mol. The Labute approximate surface area is 53.5 Å². The Kier molecular flexibility index (Phi) is 1.79. The Bertz CT molecular complexity index is 159. The summed E-state index contributed by atoms with van der Waals surface area (Å²) in [6.45, 7) is 0.677. The van der Waals surface area contributed by atoms with E-state index in [4.69, 9.17) is 0 Å². The van der Waals surface area contributed by atoms with E-state index in [-0.39, 0.29) is 0 Å². The van der Waals surface area contributed by atoms with Gasteiger partial charge in [-0.3, -0.25) is 0 Å². The summed E-state index contributed by atoms with van der Waals surface area (Å²) in [6.07, 6.45) is 2.34. The quantitative estimate of drug-likeness (QED) is 0.556. The molecule has 0 unspecified atom stereocenters. The van der Waals surface area contributed by atoms with Crippen LogP contribution in [-0.2, 0) is 6.54 Å². The summed E-state index contributed by atoms with van der Waals surface area (Å²) < 4.78 is 4.69. The minimum atomic E-state index is 0.597. The maximum Gasteiger partial charge on any atom is 0.243 e. The van der Waals surface area contributed by atoms with Crippen LogP contribution in [-0.4, -0.2) is 29.1 Å². The fourth-order valence-corrected chi connectivity index (χ4v) is 0.504. The summed E-state index contributed by atoms with van der Waals surface area (Å²) in [5, 5.41) is 3.34. The molecule has 0 amide bonds. The van der Waals surface area contributed by atoms with E-state index in [9.17, 15) is 0 Å². The fourth-order valence-electron chi connectivity index (χ4n) is 0.504. The van der Waals surface area contributed by atoms with Crippen molar-refractivity contribution in [1.82, 2.24) is 15.0 Å². The second kappa shape index (κ2) is 2.59. The Balaban J connectivity index is 2.48. The van der Waals surface area contributed by atoms with Crippen molar-refractivity contribution >= 4 is 0 Å². The molecule has 0 bridgehead atoms. The van der Waals surface area contributed by atoms with Gasteiger partial charge in [0.15, 0.2) is 0 Å². The fraction of sp³-hybridized carbons (Fsp3) is 0.600. The van der Waals surface area contributed by atoms with Crippen molar-refractivity contribution in [3.63, 3.8) is 0 Å². The standard InChI is InChI=1S/C5H8N3O/c1-8(2)3-5-6-4-7-9-5/h3H2,1-2H3. The van der Waals surface area contributed by atoms with E-state index in [0.717, 1.165) is 0 Å². The maximum atomic E-state index is 4.69. The van der Waals surface area contributed by atoms with Gasteiger partial charge >= 0.3 is 0 Å². The van der Waals surface area contributed by atoms with Gasteiger partial charge in [0, 0.05) is 0 Å². The highest BCUT2D eigenvalue weighted by molar-refractivity contribution is 4.70. The molecule has 49 valence electrons. The zero-order valence-corrected chi connectivity index (χ0v) is 5.46. The Morgan fingerprint density at radius 2 is 2.44 bits per heavy atom. The second-order valence-electron chi connectivity index (χ2n) is 2.03. The predicted octanol–water partition coefficient (Wildman–Crippen LogP) is -0.0686. The van der Waals surface area contributed by atoms with Crippen LogP contribution >= 0.6 is 0 Å². The van der Waals surface area contributed by atoms with Gasteiger partial charge in [-0.15, -0.1) is 0 Å². The molecule has 0 saturated carbocycles. The molecule has 0 saturated heterocycles. The SMILES string of the molecule is CN(C)Cc1n[c]no1. The number of nitrogens with zero attached hydrogens (tertiary/aromatic N) is 3. The first-order valence-corrected chi connectivity index (χ1v) is 2.62. The summed E-state index contributed by atoms with van der Waals surface area (Å²) in [5.41, 5.74) is 0. The molecule has 1 aromatic heterocycles. The van der Waals surface area contributed by atoms with Crippen LogP contribution in [0.1, 0.15) is 5.89 Å². The number of hydrogen-bond donors (Lipinski definition) is 0. The average Bonchev–Trinajstić information content (AvgIpc) is 2.15. The van der Waals surface area contributed by atoms with Crippen molar-refractivity contribution < 1.29 is 4.52 Å².